The summed E-state index contributed by atoms with van der Waals surface area (Å²) in [6.07, 6.45) is 3.26. The lowest BCUT2D eigenvalue weighted by molar-refractivity contribution is -0.129. The first-order valence-corrected chi connectivity index (χ1v) is 15.2. The number of fused-ring (bicyclic) bond motifs is 1. The van der Waals surface area contributed by atoms with E-state index in [0.29, 0.717) is 75.0 Å². The Bertz CT molecular complexity index is 1330. The SMILES string of the molecule is CC(=O)N1CCc2c(sc(NC(=O)c3ccc(S(=O)(=O)N4CCCCC4)cc3)c2C(=O)N2CCOCC2)C1. The van der Waals surface area contributed by atoms with Gasteiger partial charge in [-0.15, -0.1) is 11.3 Å². The van der Waals surface area contributed by atoms with Gasteiger partial charge in [0.25, 0.3) is 11.8 Å². The molecule has 0 aliphatic carbocycles. The highest BCUT2D eigenvalue weighted by Gasteiger charge is 2.32. The second kappa shape index (κ2) is 11.1. The van der Waals surface area contributed by atoms with Gasteiger partial charge in [-0.2, -0.15) is 4.31 Å². The molecule has 0 atom stereocenters. The molecule has 2 saturated heterocycles. The summed E-state index contributed by atoms with van der Waals surface area (Å²) in [6.45, 7) is 5.34. The fourth-order valence-electron chi connectivity index (χ4n) is 5.12. The van der Waals surface area contributed by atoms with Crippen molar-refractivity contribution in [3.63, 3.8) is 0 Å². The average Bonchev–Trinajstić information content (AvgIpc) is 3.30. The number of rotatable bonds is 5. The zero-order chi connectivity index (χ0) is 26.9. The van der Waals surface area contributed by atoms with E-state index in [2.05, 4.69) is 5.32 Å². The van der Waals surface area contributed by atoms with Gasteiger partial charge in [0.05, 0.1) is 30.2 Å². The molecule has 3 aliphatic rings. The summed E-state index contributed by atoms with van der Waals surface area (Å²) >= 11 is 1.32. The van der Waals surface area contributed by atoms with Crippen molar-refractivity contribution in [3.05, 3.63) is 45.8 Å². The predicted molar refractivity (Wildman–Crippen MR) is 143 cm³/mol. The molecule has 2 aromatic rings. The molecule has 2 fully saturated rings. The van der Waals surface area contributed by atoms with Crippen molar-refractivity contribution in [3.8, 4) is 0 Å². The minimum absolute atomic E-state index is 0.0321. The number of anilines is 1. The Morgan fingerprint density at radius 3 is 2.26 bits per heavy atom. The third-order valence-electron chi connectivity index (χ3n) is 7.31. The molecular weight excluding hydrogens is 528 g/mol. The Labute approximate surface area is 226 Å². The number of hydrogen-bond acceptors (Lipinski definition) is 7. The summed E-state index contributed by atoms with van der Waals surface area (Å²) in [7, 11) is -3.60. The number of benzene rings is 1. The van der Waals surface area contributed by atoms with E-state index in [1.54, 1.807) is 9.80 Å². The first-order valence-electron chi connectivity index (χ1n) is 12.9. The van der Waals surface area contributed by atoms with E-state index in [1.165, 1.54) is 46.8 Å². The van der Waals surface area contributed by atoms with E-state index >= 15 is 0 Å². The second-order valence-corrected chi connectivity index (χ2v) is 12.8. The van der Waals surface area contributed by atoms with Crippen molar-refractivity contribution >= 4 is 44.1 Å². The van der Waals surface area contributed by atoms with Gasteiger partial charge in [0.2, 0.25) is 15.9 Å². The molecule has 3 aliphatic heterocycles. The van der Waals surface area contributed by atoms with Crippen LogP contribution in [-0.2, 0) is 32.5 Å². The molecule has 0 saturated carbocycles. The maximum Gasteiger partial charge on any atom is 0.257 e. The molecule has 4 heterocycles. The quantitative estimate of drug-likeness (QED) is 0.601. The third kappa shape index (κ3) is 5.35. The molecule has 3 amide bonds. The van der Waals surface area contributed by atoms with Crippen LogP contribution < -0.4 is 5.32 Å². The van der Waals surface area contributed by atoms with Gasteiger partial charge in [-0.25, -0.2) is 8.42 Å². The van der Waals surface area contributed by atoms with E-state index in [1.807, 2.05) is 0 Å². The number of carbonyl (C=O) groups is 3. The highest BCUT2D eigenvalue weighted by molar-refractivity contribution is 7.89. The molecule has 1 aromatic heterocycles. The lowest BCUT2D eigenvalue weighted by Crippen LogP contribution is -2.41. The maximum atomic E-state index is 13.6. The molecule has 0 spiro atoms. The number of amides is 3. The summed E-state index contributed by atoms with van der Waals surface area (Å²) in [5.74, 6) is -0.611. The van der Waals surface area contributed by atoms with Crippen LogP contribution in [0.3, 0.4) is 0 Å². The lowest BCUT2D eigenvalue weighted by atomic mass is 10.0. The Morgan fingerprint density at radius 1 is 0.921 bits per heavy atom. The Kier molecular flexibility index (Phi) is 7.85. The van der Waals surface area contributed by atoms with Crippen LogP contribution in [0.2, 0.25) is 0 Å². The number of thiophene rings is 1. The van der Waals surface area contributed by atoms with Gasteiger partial charge in [0, 0.05) is 50.1 Å². The number of sulfonamides is 1. The molecule has 38 heavy (non-hydrogen) atoms. The average molecular weight is 561 g/mol. The summed E-state index contributed by atoms with van der Waals surface area (Å²) in [5, 5.41) is 3.36. The topological polar surface area (TPSA) is 116 Å². The minimum Gasteiger partial charge on any atom is -0.378 e. The van der Waals surface area contributed by atoms with E-state index in [9.17, 15) is 22.8 Å². The molecular formula is C26H32N4O6S2. The zero-order valence-electron chi connectivity index (χ0n) is 21.4. The van der Waals surface area contributed by atoms with Gasteiger partial charge in [0.15, 0.2) is 0 Å². The van der Waals surface area contributed by atoms with Crippen LogP contribution in [0.1, 0.15) is 57.3 Å². The van der Waals surface area contributed by atoms with Crippen molar-refractivity contribution in [2.45, 2.75) is 44.0 Å². The van der Waals surface area contributed by atoms with Crippen LogP contribution >= 0.6 is 11.3 Å². The third-order valence-corrected chi connectivity index (χ3v) is 10.4. The number of morpholine rings is 1. The standard InChI is InChI=1S/C26H32N4O6S2/c1-18(31)29-12-9-21-22(17-29)37-25(23(21)26(33)28-13-15-36-16-14-28)27-24(32)19-5-7-20(8-6-19)38(34,35)30-10-3-2-4-11-30/h5-8H,2-4,9-17H2,1H3,(H,27,32). The van der Waals surface area contributed by atoms with Gasteiger partial charge in [-0.05, 0) is 49.1 Å². The van der Waals surface area contributed by atoms with E-state index in [0.717, 1.165) is 29.7 Å². The van der Waals surface area contributed by atoms with E-state index in [4.69, 9.17) is 4.74 Å². The van der Waals surface area contributed by atoms with Crippen molar-refractivity contribution in [1.82, 2.24) is 14.1 Å². The molecule has 204 valence electrons. The van der Waals surface area contributed by atoms with E-state index in [-0.39, 0.29) is 16.7 Å². The number of piperidine rings is 1. The van der Waals surface area contributed by atoms with Gasteiger partial charge in [0.1, 0.15) is 5.00 Å². The van der Waals surface area contributed by atoms with Gasteiger partial charge < -0.3 is 19.9 Å². The zero-order valence-corrected chi connectivity index (χ0v) is 23.0. The summed E-state index contributed by atoms with van der Waals surface area (Å²) in [5.41, 5.74) is 1.65. The number of ether oxygens (including phenoxy) is 1. The molecule has 0 unspecified atom stereocenters. The van der Waals surface area contributed by atoms with Crippen molar-refractivity contribution in [2.24, 2.45) is 0 Å². The molecule has 0 radical (unpaired) electrons. The van der Waals surface area contributed by atoms with E-state index < -0.39 is 15.9 Å². The summed E-state index contributed by atoms with van der Waals surface area (Å²) in [4.78, 5) is 43.3. The highest BCUT2D eigenvalue weighted by Crippen LogP contribution is 2.38. The molecule has 0 bridgehead atoms. The van der Waals surface area contributed by atoms with Crippen LogP contribution in [0.4, 0.5) is 5.00 Å². The Morgan fingerprint density at radius 2 is 1.61 bits per heavy atom. The first kappa shape index (κ1) is 26.8. The van der Waals surface area contributed by atoms with Crippen LogP contribution in [0, 0.1) is 0 Å². The molecule has 1 N–H and O–H groups in total. The number of nitrogens with zero attached hydrogens (tertiary/aromatic N) is 3. The number of hydrogen-bond donors (Lipinski definition) is 1. The number of nitrogens with one attached hydrogen (secondary N) is 1. The predicted octanol–water partition coefficient (Wildman–Crippen LogP) is 2.55. The largest absolute Gasteiger partial charge is 0.378 e. The fraction of sp³-hybridized carbons (Fsp3) is 0.500. The lowest BCUT2D eigenvalue weighted by Gasteiger charge is -2.29. The Hall–Kier alpha value is -2.80. The molecule has 1 aromatic carbocycles. The first-order chi connectivity index (χ1) is 18.3. The van der Waals surface area contributed by atoms with Crippen molar-refractivity contribution in [1.29, 1.82) is 0 Å². The number of carbonyl (C=O) groups excluding carboxylic acids is 3. The van der Waals surface area contributed by atoms with Crippen molar-refractivity contribution < 1.29 is 27.5 Å². The normalized spacial score (nSPS) is 18.7. The van der Waals surface area contributed by atoms with Crippen LogP contribution in [0.5, 0.6) is 0 Å². The minimum atomic E-state index is -3.60. The Balaban J connectivity index is 1.39. The second-order valence-electron chi connectivity index (χ2n) is 9.75. The maximum absolute atomic E-state index is 13.6. The van der Waals surface area contributed by atoms with Crippen molar-refractivity contribution in [2.75, 3.05) is 51.3 Å². The summed E-state index contributed by atoms with van der Waals surface area (Å²) in [6, 6.07) is 5.92. The van der Waals surface area contributed by atoms with Crippen LogP contribution in [0.25, 0.3) is 0 Å². The monoisotopic (exact) mass is 560 g/mol. The molecule has 12 heteroatoms. The smallest absolute Gasteiger partial charge is 0.257 e. The highest BCUT2D eigenvalue weighted by atomic mass is 32.2. The van der Waals surface area contributed by atoms with Gasteiger partial charge in [-0.1, -0.05) is 6.42 Å². The molecule has 10 nitrogen and oxygen atoms in total. The summed E-state index contributed by atoms with van der Waals surface area (Å²) < 4.78 is 32.8. The molecule has 5 rings (SSSR count). The van der Waals surface area contributed by atoms with Gasteiger partial charge in [-0.3, -0.25) is 14.4 Å². The fourth-order valence-corrected chi connectivity index (χ4v) is 7.89. The van der Waals surface area contributed by atoms with Crippen LogP contribution in [0.15, 0.2) is 29.2 Å². The van der Waals surface area contributed by atoms with Gasteiger partial charge >= 0.3 is 0 Å². The van der Waals surface area contributed by atoms with Crippen LogP contribution in [-0.4, -0.2) is 86.2 Å².